The summed E-state index contributed by atoms with van der Waals surface area (Å²) in [5.74, 6) is 0.369. The molecular formula is C27H43ClN5O6PS. The van der Waals surface area contributed by atoms with Crippen LogP contribution in [0.2, 0.25) is 5.28 Å². The number of hydrogen-bond acceptors (Lipinski definition) is 11. The highest BCUT2D eigenvalue weighted by molar-refractivity contribution is 8.04. The van der Waals surface area contributed by atoms with Crippen LogP contribution >= 0.6 is 31.0 Å². The Kier molecular flexibility index (Phi) is 8.82. The summed E-state index contributed by atoms with van der Waals surface area (Å²) >= 11 is 7.83. The van der Waals surface area contributed by atoms with E-state index >= 15 is 0 Å². The number of anilines is 1. The van der Waals surface area contributed by atoms with Gasteiger partial charge in [-0.1, -0.05) is 12.8 Å². The lowest BCUT2D eigenvalue weighted by molar-refractivity contribution is -0.195. The average Bonchev–Trinajstić information content (AvgIpc) is 3.56. The van der Waals surface area contributed by atoms with Crippen molar-refractivity contribution in [3.63, 3.8) is 0 Å². The number of nitrogens with one attached hydrogen (secondary N) is 1. The number of ether oxygens (including phenoxy) is 3. The minimum absolute atomic E-state index is 0.138. The van der Waals surface area contributed by atoms with Gasteiger partial charge in [0.2, 0.25) is 5.28 Å². The maximum absolute atomic E-state index is 13.7. The van der Waals surface area contributed by atoms with Gasteiger partial charge in [-0.15, -0.1) is 11.8 Å². The third kappa shape index (κ3) is 7.58. The fraction of sp³-hybridized carbons (Fsp3) is 0.815. The lowest BCUT2D eigenvalue weighted by Gasteiger charge is -2.32. The quantitative estimate of drug-likeness (QED) is 0.233. The predicted octanol–water partition coefficient (Wildman–Crippen LogP) is 6.77. The molecule has 0 bridgehead atoms. The monoisotopic (exact) mass is 631 g/mol. The molecule has 2 aromatic heterocycles. The number of fused-ring (bicyclic) bond motifs is 2. The fourth-order valence-corrected chi connectivity index (χ4v) is 9.74. The van der Waals surface area contributed by atoms with Crippen molar-refractivity contribution in [2.45, 2.75) is 129 Å². The number of thioether (sulfide) groups is 1. The highest BCUT2D eigenvalue weighted by atomic mass is 35.5. The molecule has 3 aliphatic rings. The molecule has 2 saturated heterocycles. The van der Waals surface area contributed by atoms with Crippen LogP contribution in [0.15, 0.2) is 6.20 Å². The first-order chi connectivity index (χ1) is 19.0. The Morgan fingerprint density at radius 2 is 1.73 bits per heavy atom. The van der Waals surface area contributed by atoms with Crippen molar-refractivity contribution in [1.29, 1.82) is 0 Å². The van der Waals surface area contributed by atoms with Crippen LogP contribution in [0, 0.1) is 0 Å². The number of nitrogens with zero attached hydrogens (tertiary/aromatic N) is 4. The summed E-state index contributed by atoms with van der Waals surface area (Å²) in [6, 6.07) is 0.355. The molecule has 0 spiro atoms. The summed E-state index contributed by atoms with van der Waals surface area (Å²) in [4.78, 5) is 8.98. The summed E-state index contributed by atoms with van der Waals surface area (Å²) in [6.07, 6.45) is 4.59. The molecule has 0 aromatic carbocycles. The van der Waals surface area contributed by atoms with Crippen LogP contribution in [-0.4, -0.2) is 72.3 Å². The lowest BCUT2D eigenvalue weighted by atomic mass is 10.1. The van der Waals surface area contributed by atoms with Gasteiger partial charge in [-0.05, 0) is 79.8 Å². The molecule has 2 aromatic rings. The van der Waals surface area contributed by atoms with Gasteiger partial charge in [0.05, 0.1) is 34.4 Å². The van der Waals surface area contributed by atoms with Crippen molar-refractivity contribution >= 4 is 47.8 Å². The van der Waals surface area contributed by atoms with E-state index in [-0.39, 0.29) is 23.0 Å². The second-order valence-electron chi connectivity index (χ2n) is 13.4. The largest absolute Gasteiger partial charge is 0.367 e. The van der Waals surface area contributed by atoms with E-state index in [1.54, 1.807) is 10.9 Å². The summed E-state index contributed by atoms with van der Waals surface area (Å²) in [7, 11) is -3.41. The average molecular weight is 632 g/mol. The van der Waals surface area contributed by atoms with Crippen LogP contribution in [0.1, 0.15) is 87.3 Å². The smallest absolute Gasteiger partial charge is 0.341 e. The molecule has 0 amide bonds. The first-order valence-electron chi connectivity index (χ1n) is 14.3. The van der Waals surface area contributed by atoms with Gasteiger partial charge >= 0.3 is 7.60 Å². The molecule has 5 rings (SSSR count). The van der Waals surface area contributed by atoms with Gasteiger partial charge in [0, 0.05) is 11.8 Å². The van der Waals surface area contributed by atoms with E-state index in [4.69, 9.17) is 34.9 Å². The minimum Gasteiger partial charge on any atom is -0.367 e. The van der Waals surface area contributed by atoms with Crippen molar-refractivity contribution in [1.82, 2.24) is 19.7 Å². The summed E-state index contributed by atoms with van der Waals surface area (Å²) in [5.41, 5.74) is -0.498. The zero-order valence-corrected chi connectivity index (χ0v) is 27.6. The van der Waals surface area contributed by atoms with Crippen LogP contribution in [-0.2, 0) is 27.8 Å². The maximum atomic E-state index is 13.7. The van der Waals surface area contributed by atoms with Crippen LogP contribution in [0.25, 0.3) is 11.0 Å². The van der Waals surface area contributed by atoms with Gasteiger partial charge in [-0.3, -0.25) is 4.57 Å². The van der Waals surface area contributed by atoms with Crippen molar-refractivity contribution in [2.75, 3.05) is 16.6 Å². The first-order valence-corrected chi connectivity index (χ1v) is 17.5. The van der Waals surface area contributed by atoms with E-state index in [1.165, 1.54) is 24.6 Å². The Hall–Kier alpha value is -0.980. The molecule has 1 saturated carbocycles. The Balaban J connectivity index is 1.36. The van der Waals surface area contributed by atoms with Gasteiger partial charge in [0.25, 0.3) is 0 Å². The Labute approximate surface area is 251 Å². The molecule has 2 aliphatic heterocycles. The van der Waals surface area contributed by atoms with E-state index in [1.807, 2.05) is 55.4 Å². The standard InChI is InChI=1S/C27H43ClN5O6PS/c1-25(2,3)38-40(34,39-26(4,5)6)15-41-14-18-19-20(37-27(7,8)36-19)23(35-18)33-22-17(13-29-33)21(31-24(28)32-22)30-16-11-9-10-12-16/h13,16,18-20,23H,9-12,14-15H2,1-8H3,(H,30,31,32)/t18-,19-,20-,23?/m1/s1. The van der Waals surface area contributed by atoms with E-state index < -0.39 is 36.9 Å². The molecule has 0 radical (unpaired) electrons. The van der Waals surface area contributed by atoms with Crippen LogP contribution in [0.5, 0.6) is 0 Å². The zero-order valence-electron chi connectivity index (χ0n) is 25.2. The molecule has 41 heavy (non-hydrogen) atoms. The van der Waals surface area contributed by atoms with Crippen LogP contribution < -0.4 is 5.32 Å². The lowest BCUT2D eigenvalue weighted by Crippen LogP contribution is -2.31. The van der Waals surface area contributed by atoms with Crippen molar-refractivity contribution in [3.05, 3.63) is 11.5 Å². The third-order valence-corrected chi connectivity index (χ3v) is 11.2. The van der Waals surface area contributed by atoms with Crippen molar-refractivity contribution in [3.8, 4) is 0 Å². The zero-order chi connectivity index (χ0) is 29.8. The molecule has 1 N–H and O–H groups in total. The van der Waals surface area contributed by atoms with Crippen LogP contribution in [0.3, 0.4) is 0 Å². The number of rotatable bonds is 9. The summed E-state index contributed by atoms with van der Waals surface area (Å²) in [6.45, 7) is 15.0. The SMILES string of the molecule is CC(C)(C)OP(=O)(CSC[C@H]1OC(n2ncc3c(NC4CCCC4)nc(Cl)nc32)[C@@H]2OC(C)(C)O[C@H]12)OC(C)(C)C. The van der Waals surface area contributed by atoms with Crippen molar-refractivity contribution < 1.29 is 27.8 Å². The highest BCUT2D eigenvalue weighted by Crippen LogP contribution is 2.57. The molecule has 1 aliphatic carbocycles. The molecule has 3 fully saturated rings. The van der Waals surface area contributed by atoms with Crippen molar-refractivity contribution in [2.24, 2.45) is 0 Å². The topological polar surface area (TPSA) is 119 Å². The maximum Gasteiger partial charge on any atom is 0.341 e. The number of halogens is 1. The van der Waals surface area contributed by atoms with Crippen LogP contribution in [0.4, 0.5) is 5.82 Å². The van der Waals surface area contributed by atoms with Gasteiger partial charge < -0.3 is 28.6 Å². The van der Waals surface area contributed by atoms with Gasteiger partial charge in [0.1, 0.15) is 18.0 Å². The Morgan fingerprint density at radius 1 is 1.10 bits per heavy atom. The predicted molar refractivity (Wildman–Crippen MR) is 161 cm³/mol. The normalized spacial score (nSPS) is 27.1. The fourth-order valence-electron chi connectivity index (χ4n) is 5.64. The molecule has 1 unspecified atom stereocenters. The summed E-state index contributed by atoms with van der Waals surface area (Å²) < 4.78 is 46.5. The van der Waals surface area contributed by atoms with Gasteiger partial charge in [-0.25, -0.2) is 4.68 Å². The third-order valence-electron chi connectivity index (χ3n) is 6.85. The van der Waals surface area contributed by atoms with Gasteiger partial charge in [0.15, 0.2) is 17.7 Å². The van der Waals surface area contributed by atoms with E-state index in [0.29, 0.717) is 23.3 Å². The second-order valence-corrected chi connectivity index (χ2v) is 17.1. The molecule has 230 valence electrons. The highest BCUT2D eigenvalue weighted by Gasteiger charge is 2.56. The first kappa shape index (κ1) is 31.4. The van der Waals surface area contributed by atoms with Gasteiger partial charge in [-0.2, -0.15) is 15.1 Å². The summed E-state index contributed by atoms with van der Waals surface area (Å²) in [5, 5.41) is 9.10. The molecule has 4 atom stereocenters. The molecule has 11 nitrogen and oxygen atoms in total. The number of aromatic nitrogens is 4. The Morgan fingerprint density at radius 3 is 2.37 bits per heavy atom. The molecular weight excluding hydrogens is 589 g/mol. The molecule has 4 heterocycles. The minimum atomic E-state index is -3.41. The Bertz CT molecular complexity index is 1270. The van der Waals surface area contributed by atoms with E-state index in [2.05, 4.69) is 20.4 Å². The molecule has 14 heteroatoms. The van der Waals surface area contributed by atoms with E-state index in [9.17, 15) is 4.57 Å². The van der Waals surface area contributed by atoms with E-state index in [0.717, 1.165) is 18.2 Å². The second kappa shape index (κ2) is 11.5. The number of hydrogen-bond donors (Lipinski definition) is 1.